The summed E-state index contributed by atoms with van der Waals surface area (Å²) in [5.74, 6) is 0.100. The van der Waals surface area contributed by atoms with E-state index in [0.29, 0.717) is 11.5 Å². The molecule has 0 spiro atoms. The van der Waals surface area contributed by atoms with Gasteiger partial charge in [0.05, 0.1) is 7.11 Å². The first kappa shape index (κ1) is 13.7. The van der Waals surface area contributed by atoms with Gasteiger partial charge in [0, 0.05) is 0 Å². The van der Waals surface area contributed by atoms with E-state index in [2.05, 4.69) is 9.91 Å². The molecular formula is C15H13NO4. The molecule has 0 N–H and O–H groups in total. The second-order valence-corrected chi connectivity index (χ2v) is 4.15. The van der Waals surface area contributed by atoms with Crippen LogP contribution in [0.15, 0.2) is 47.6 Å². The molecule has 0 unspecified atom stereocenters. The molecule has 0 aromatic heterocycles. The Morgan fingerprint density at radius 1 is 1.10 bits per heavy atom. The summed E-state index contributed by atoms with van der Waals surface area (Å²) in [6.07, 6.45) is 0. The summed E-state index contributed by atoms with van der Waals surface area (Å²) >= 11 is 0. The molecule has 0 saturated carbocycles. The summed E-state index contributed by atoms with van der Waals surface area (Å²) < 4.78 is 10.3. The fraction of sp³-hybridized carbons (Fsp3) is 0.133. The highest BCUT2D eigenvalue weighted by Crippen LogP contribution is 2.34. The molecule has 5 heteroatoms. The zero-order valence-corrected chi connectivity index (χ0v) is 11.1. The van der Waals surface area contributed by atoms with Gasteiger partial charge in [-0.3, -0.25) is 0 Å². The Kier molecular flexibility index (Phi) is 4.10. The number of carbonyl (C=O) groups excluding carboxylic acids is 1. The van der Waals surface area contributed by atoms with Gasteiger partial charge in [0.1, 0.15) is 11.3 Å². The maximum atomic E-state index is 11.6. The molecule has 0 amide bonds. The summed E-state index contributed by atoms with van der Waals surface area (Å²) in [6, 6.07) is 11.7. The third-order valence-corrected chi connectivity index (χ3v) is 2.73. The first-order chi connectivity index (χ1) is 9.65. The van der Waals surface area contributed by atoms with E-state index in [-0.39, 0.29) is 11.3 Å². The fourth-order valence-corrected chi connectivity index (χ4v) is 1.74. The van der Waals surface area contributed by atoms with Crippen LogP contribution in [0.1, 0.15) is 15.9 Å². The second kappa shape index (κ2) is 5.97. The second-order valence-electron chi connectivity index (χ2n) is 4.15. The molecule has 0 saturated heterocycles. The quantitative estimate of drug-likeness (QED) is 0.623. The van der Waals surface area contributed by atoms with E-state index in [1.54, 1.807) is 42.5 Å². The number of methoxy groups -OCH3 is 1. The van der Waals surface area contributed by atoms with Crippen molar-refractivity contribution >= 4 is 11.7 Å². The van der Waals surface area contributed by atoms with Crippen LogP contribution in [0.4, 0.5) is 5.69 Å². The summed E-state index contributed by atoms with van der Waals surface area (Å²) in [4.78, 5) is 22.5. The highest BCUT2D eigenvalue weighted by molar-refractivity contribution is 5.92. The number of benzene rings is 2. The first-order valence-electron chi connectivity index (χ1n) is 5.95. The third-order valence-electron chi connectivity index (χ3n) is 2.73. The lowest BCUT2D eigenvalue weighted by atomic mass is 10.2. The lowest BCUT2D eigenvalue weighted by molar-refractivity contribution is 0.0598. The van der Waals surface area contributed by atoms with Crippen molar-refractivity contribution in [2.24, 2.45) is 5.18 Å². The van der Waals surface area contributed by atoms with Gasteiger partial charge in [-0.1, -0.05) is 18.2 Å². The number of para-hydroxylation sites is 1. The van der Waals surface area contributed by atoms with Crippen LogP contribution in [-0.2, 0) is 4.74 Å². The molecule has 0 aliphatic carbocycles. The Bertz CT molecular complexity index is 652. The molecular weight excluding hydrogens is 258 g/mol. The van der Waals surface area contributed by atoms with Crippen LogP contribution in [-0.4, -0.2) is 13.1 Å². The maximum Gasteiger partial charge on any atom is 0.341 e. The van der Waals surface area contributed by atoms with Gasteiger partial charge < -0.3 is 9.47 Å². The van der Waals surface area contributed by atoms with Crippen molar-refractivity contribution in [2.45, 2.75) is 6.92 Å². The Morgan fingerprint density at radius 3 is 2.55 bits per heavy atom. The lowest BCUT2D eigenvalue weighted by Gasteiger charge is -2.11. The summed E-state index contributed by atoms with van der Waals surface area (Å²) in [7, 11) is 1.30. The van der Waals surface area contributed by atoms with Crippen molar-refractivity contribution in [2.75, 3.05) is 7.11 Å². The number of hydrogen-bond donors (Lipinski definition) is 0. The molecule has 2 aromatic rings. The predicted molar refractivity (Wildman–Crippen MR) is 74.5 cm³/mol. The highest BCUT2D eigenvalue weighted by atomic mass is 16.5. The molecule has 0 heterocycles. The zero-order chi connectivity index (χ0) is 14.5. The van der Waals surface area contributed by atoms with Gasteiger partial charge in [0.25, 0.3) is 0 Å². The van der Waals surface area contributed by atoms with E-state index in [4.69, 9.17) is 4.74 Å². The molecule has 0 radical (unpaired) electrons. The van der Waals surface area contributed by atoms with Gasteiger partial charge in [-0.2, -0.15) is 0 Å². The van der Waals surface area contributed by atoms with E-state index in [1.165, 1.54) is 7.11 Å². The smallest absolute Gasteiger partial charge is 0.341 e. The molecule has 0 aliphatic heterocycles. The van der Waals surface area contributed by atoms with Gasteiger partial charge in [0.2, 0.25) is 0 Å². The van der Waals surface area contributed by atoms with E-state index in [0.717, 1.165) is 5.56 Å². The van der Waals surface area contributed by atoms with Crippen LogP contribution in [0.25, 0.3) is 0 Å². The molecule has 0 aliphatic rings. The summed E-state index contributed by atoms with van der Waals surface area (Å²) in [5.41, 5.74) is 1.37. The Hall–Kier alpha value is -2.69. The zero-order valence-electron chi connectivity index (χ0n) is 11.1. The van der Waals surface area contributed by atoms with E-state index in [1.807, 2.05) is 6.92 Å². The number of aryl methyl sites for hydroxylation is 1. The van der Waals surface area contributed by atoms with Gasteiger partial charge in [-0.15, -0.1) is 4.91 Å². The van der Waals surface area contributed by atoms with Crippen molar-refractivity contribution in [3.63, 3.8) is 0 Å². The number of ether oxygens (including phenoxy) is 2. The van der Waals surface area contributed by atoms with Gasteiger partial charge in [-0.25, -0.2) is 4.79 Å². The van der Waals surface area contributed by atoms with Crippen LogP contribution in [0.3, 0.4) is 0 Å². The molecule has 102 valence electrons. The third kappa shape index (κ3) is 2.83. The molecule has 0 fully saturated rings. The Balaban J connectivity index is 2.40. The molecule has 5 nitrogen and oxygen atoms in total. The van der Waals surface area contributed by atoms with Gasteiger partial charge in [-0.05, 0) is 41.9 Å². The summed E-state index contributed by atoms with van der Waals surface area (Å²) in [6.45, 7) is 1.85. The molecule has 2 aromatic carbocycles. The highest BCUT2D eigenvalue weighted by Gasteiger charge is 2.14. The number of nitroso groups, excluding NO2 is 1. The SMILES string of the molecule is COC(=O)c1ccccc1Oc1ccc(C)cc1N=O. The molecule has 0 bridgehead atoms. The number of rotatable bonds is 4. The van der Waals surface area contributed by atoms with E-state index in [9.17, 15) is 9.70 Å². The van der Waals surface area contributed by atoms with Crippen LogP contribution in [0.5, 0.6) is 11.5 Å². The van der Waals surface area contributed by atoms with Crippen molar-refractivity contribution in [1.82, 2.24) is 0 Å². The molecule has 20 heavy (non-hydrogen) atoms. The summed E-state index contributed by atoms with van der Waals surface area (Å²) in [5, 5.41) is 2.93. The van der Waals surface area contributed by atoms with E-state index >= 15 is 0 Å². The maximum absolute atomic E-state index is 11.6. The van der Waals surface area contributed by atoms with Crippen molar-refractivity contribution < 1.29 is 14.3 Å². The minimum absolute atomic E-state index is 0.185. The minimum atomic E-state index is -0.506. The largest absolute Gasteiger partial charge is 0.465 e. The lowest BCUT2D eigenvalue weighted by Crippen LogP contribution is -2.03. The standard InChI is InChI=1S/C15H13NO4/c1-10-7-8-14(12(9-10)16-18)20-13-6-4-3-5-11(13)15(17)19-2/h3-9H,1-2H3. The Morgan fingerprint density at radius 2 is 1.85 bits per heavy atom. The monoisotopic (exact) mass is 271 g/mol. The van der Waals surface area contributed by atoms with E-state index < -0.39 is 5.97 Å². The van der Waals surface area contributed by atoms with Crippen LogP contribution >= 0.6 is 0 Å². The number of carbonyl (C=O) groups is 1. The average Bonchev–Trinajstić information content (AvgIpc) is 2.48. The van der Waals surface area contributed by atoms with Crippen LogP contribution in [0.2, 0.25) is 0 Å². The minimum Gasteiger partial charge on any atom is -0.465 e. The van der Waals surface area contributed by atoms with Crippen molar-refractivity contribution in [3.05, 3.63) is 58.5 Å². The number of esters is 1. The van der Waals surface area contributed by atoms with Crippen LogP contribution in [0, 0.1) is 11.8 Å². The topological polar surface area (TPSA) is 65.0 Å². The number of hydrogen-bond acceptors (Lipinski definition) is 5. The fourth-order valence-electron chi connectivity index (χ4n) is 1.74. The average molecular weight is 271 g/mol. The molecule has 0 atom stereocenters. The Labute approximate surface area is 116 Å². The predicted octanol–water partition coefficient (Wildman–Crippen LogP) is 3.97. The van der Waals surface area contributed by atoms with Gasteiger partial charge >= 0.3 is 5.97 Å². The number of nitrogens with zero attached hydrogens (tertiary/aromatic N) is 1. The first-order valence-corrected chi connectivity index (χ1v) is 5.95. The van der Waals surface area contributed by atoms with Crippen molar-refractivity contribution in [3.8, 4) is 11.5 Å². The normalized spacial score (nSPS) is 9.90. The molecule has 2 rings (SSSR count). The van der Waals surface area contributed by atoms with Crippen molar-refractivity contribution in [1.29, 1.82) is 0 Å². The van der Waals surface area contributed by atoms with Gasteiger partial charge in [0.15, 0.2) is 11.4 Å². The van der Waals surface area contributed by atoms with Crippen LogP contribution < -0.4 is 4.74 Å².